The van der Waals surface area contributed by atoms with Crippen LogP contribution in [0.15, 0.2) is 53.1 Å². The fourth-order valence-corrected chi connectivity index (χ4v) is 3.69. The Kier molecular flexibility index (Phi) is 4.03. The Morgan fingerprint density at radius 1 is 1.04 bits per heavy atom. The number of nitrogens with zero attached hydrogens (tertiary/aromatic N) is 1. The standard InChI is InChI=1S/C23H23FNO/c1-14(2)11-16-9-10-25(4)20(12-16)22-15(3)5-7-19-18-8-6-17(24)13-21(18)26-23(19)22/h5-10,12-14H,11H2,1-4H3/q+1. The monoisotopic (exact) mass is 348 g/mol. The average Bonchev–Trinajstić information content (AvgIpc) is 2.93. The lowest BCUT2D eigenvalue weighted by Gasteiger charge is -2.09. The van der Waals surface area contributed by atoms with Crippen molar-refractivity contribution < 1.29 is 13.4 Å². The molecule has 0 fully saturated rings. The maximum atomic E-state index is 13.6. The first-order valence-corrected chi connectivity index (χ1v) is 9.04. The van der Waals surface area contributed by atoms with Crippen LogP contribution in [0.3, 0.4) is 0 Å². The number of pyridine rings is 1. The van der Waals surface area contributed by atoms with Gasteiger partial charge in [0.1, 0.15) is 24.0 Å². The van der Waals surface area contributed by atoms with Crippen LogP contribution in [0.2, 0.25) is 0 Å². The van der Waals surface area contributed by atoms with Gasteiger partial charge in [0.2, 0.25) is 5.69 Å². The Bertz CT molecular complexity index is 1120. The van der Waals surface area contributed by atoms with E-state index >= 15 is 0 Å². The lowest BCUT2D eigenvalue weighted by atomic mass is 9.97. The van der Waals surface area contributed by atoms with Gasteiger partial charge in [-0.25, -0.2) is 8.96 Å². The van der Waals surface area contributed by atoms with Crippen molar-refractivity contribution in [1.82, 2.24) is 0 Å². The molecule has 2 aromatic carbocycles. The van der Waals surface area contributed by atoms with Gasteiger partial charge in [0, 0.05) is 29.0 Å². The summed E-state index contributed by atoms with van der Waals surface area (Å²) >= 11 is 0. The molecule has 0 atom stereocenters. The molecular weight excluding hydrogens is 325 g/mol. The van der Waals surface area contributed by atoms with E-state index in [9.17, 15) is 4.39 Å². The number of furan rings is 1. The third kappa shape index (κ3) is 2.78. The van der Waals surface area contributed by atoms with Crippen LogP contribution < -0.4 is 4.57 Å². The van der Waals surface area contributed by atoms with Crippen LogP contribution >= 0.6 is 0 Å². The van der Waals surface area contributed by atoms with Gasteiger partial charge >= 0.3 is 0 Å². The average molecular weight is 348 g/mol. The molecule has 2 nitrogen and oxygen atoms in total. The number of rotatable bonds is 3. The molecule has 2 heterocycles. The first-order valence-electron chi connectivity index (χ1n) is 9.04. The molecule has 2 aromatic heterocycles. The number of halogens is 1. The van der Waals surface area contributed by atoms with Crippen molar-refractivity contribution >= 4 is 21.9 Å². The minimum absolute atomic E-state index is 0.278. The van der Waals surface area contributed by atoms with Crippen LogP contribution in [-0.4, -0.2) is 0 Å². The molecule has 26 heavy (non-hydrogen) atoms. The summed E-state index contributed by atoms with van der Waals surface area (Å²) in [4.78, 5) is 0. The summed E-state index contributed by atoms with van der Waals surface area (Å²) in [5.41, 5.74) is 6.06. The molecule has 132 valence electrons. The van der Waals surface area contributed by atoms with Gasteiger partial charge < -0.3 is 4.42 Å². The molecule has 3 heteroatoms. The van der Waals surface area contributed by atoms with Crippen molar-refractivity contribution in [2.75, 3.05) is 0 Å². The summed E-state index contributed by atoms with van der Waals surface area (Å²) in [6, 6.07) is 13.3. The van der Waals surface area contributed by atoms with Crippen molar-refractivity contribution in [3.8, 4) is 11.3 Å². The zero-order chi connectivity index (χ0) is 18.4. The third-order valence-electron chi connectivity index (χ3n) is 4.93. The molecule has 0 aliphatic heterocycles. The van der Waals surface area contributed by atoms with Gasteiger partial charge in [0.05, 0.1) is 5.56 Å². The first-order chi connectivity index (χ1) is 12.4. The van der Waals surface area contributed by atoms with Gasteiger partial charge in [-0.2, -0.15) is 0 Å². The van der Waals surface area contributed by atoms with Crippen LogP contribution in [0.1, 0.15) is 25.0 Å². The molecule has 0 aliphatic carbocycles. The highest BCUT2D eigenvalue weighted by Gasteiger charge is 2.21. The topological polar surface area (TPSA) is 17.0 Å². The molecular formula is C23H23FNO+. The van der Waals surface area contributed by atoms with E-state index < -0.39 is 0 Å². The highest BCUT2D eigenvalue weighted by atomic mass is 19.1. The molecule has 0 amide bonds. The lowest BCUT2D eigenvalue weighted by Crippen LogP contribution is -2.31. The second-order valence-corrected chi connectivity index (χ2v) is 7.51. The van der Waals surface area contributed by atoms with E-state index in [1.807, 2.05) is 0 Å². The fraction of sp³-hybridized carbons (Fsp3) is 0.261. The zero-order valence-corrected chi connectivity index (χ0v) is 15.6. The Balaban J connectivity index is 2.02. The number of aromatic nitrogens is 1. The molecule has 0 N–H and O–H groups in total. The number of benzene rings is 2. The van der Waals surface area contributed by atoms with Crippen LogP contribution in [0.5, 0.6) is 0 Å². The van der Waals surface area contributed by atoms with Crippen molar-refractivity contribution in [1.29, 1.82) is 0 Å². The minimum atomic E-state index is -0.278. The number of aryl methyl sites for hydroxylation is 2. The van der Waals surface area contributed by atoms with E-state index in [1.165, 1.54) is 17.7 Å². The van der Waals surface area contributed by atoms with Gasteiger partial charge in [-0.1, -0.05) is 26.0 Å². The van der Waals surface area contributed by atoms with E-state index in [0.717, 1.165) is 39.6 Å². The molecule has 0 saturated carbocycles. The fourth-order valence-electron chi connectivity index (χ4n) is 3.69. The third-order valence-corrected chi connectivity index (χ3v) is 4.93. The molecule has 4 aromatic rings. The molecule has 0 radical (unpaired) electrons. The molecule has 0 bridgehead atoms. The highest BCUT2D eigenvalue weighted by molar-refractivity contribution is 6.09. The Morgan fingerprint density at radius 3 is 2.58 bits per heavy atom. The quantitative estimate of drug-likeness (QED) is 0.433. The predicted octanol–water partition coefficient (Wildman–Crippen LogP) is 5.72. The van der Waals surface area contributed by atoms with Gasteiger partial charge in [-0.05, 0) is 42.5 Å². The maximum Gasteiger partial charge on any atom is 0.216 e. The minimum Gasteiger partial charge on any atom is -0.455 e. The summed E-state index contributed by atoms with van der Waals surface area (Å²) in [6.45, 7) is 6.55. The van der Waals surface area contributed by atoms with Crippen LogP contribution in [-0.2, 0) is 13.5 Å². The smallest absolute Gasteiger partial charge is 0.216 e. The second kappa shape index (κ2) is 6.24. The number of hydrogen-bond donors (Lipinski definition) is 0. The summed E-state index contributed by atoms with van der Waals surface area (Å²) in [5.74, 6) is 0.320. The molecule has 4 rings (SSSR count). The Labute approximate surface area is 152 Å². The van der Waals surface area contributed by atoms with Gasteiger partial charge in [-0.3, -0.25) is 0 Å². The van der Waals surface area contributed by atoms with E-state index in [2.05, 4.69) is 62.8 Å². The Morgan fingerprint density at radius 2 is 1.81 bits per heavy atom. The molecule has 0 spiro atoms. The van der Waals surface area contributed by atoms with Crippen molar-refractivity contribution in [2.24, 2.45) is 13.0 Å². The SMILES string of the molecule is Cc1ccc2c(oc3cc(F)ccc32)c1-c1cc(CC(C)C)cc[n+]1C. The van der Waals surface area contributed by atoms with Crippen molar-refractivity contribution in [3.05, 3.63) is 65.6 Å². The maximum absolute atomic E-state index is 13.6. The molecule has 0 saturated heterocycles. The largest absolute Gasteiger partial charge is 0.455 e. The molecule has 0 aliphatic rings. The van der Waals surface area contributed by atoms with Gasteiger partial charge in [0.25, 0.3) is 0 Å². The zero-order valence-electron chi connectivity index (χ0n) is 15.6. The number of hydrogen-bond acceptors (Lipinski definition) is 1. The van der Waals surface area contributed by atoms with Gasteiger partial charge in [-0.15, -0.1) is 0 Å². The molecule has 0 unspecified atom stereocenters. The summed E-state index contributed by atoms with van der Waals surface area (Å²) in [6.07, 6.45) is 3.14. The van der Waals surface area contributed by atoms with Crippen LogP contribution in [0, 0.1) is 18.7 Å². The van der Waals surface area contributed by atoms with E-state index in [4.69, 9.17) is 4.42 Å². The highest BCUT2D eigenvalue weighted by Crippen LogP contribution is 2.37. The summed E-state index contributed by atoms with van der Waals surface area (Å²) in [5, 5.41) is 1.97. The van der Waals surface area contributed by atoms with Crippen molar-refractivity contribution in [2.45, 2.75) is 27.2 Å². The lowest BCUT2D eigenvalue weighted by molar-refractivity contribution is -0.660. The van der Waals surface area contributed by atoms with Crippen LogP contribution in [0.25, 0.3) is 33.2 Å². The van der Waals surface area contributed by atoms with E-state index in [0.29, 0.717) is 11.5 Å². The Hall–Kier alpha value is -2.68. The van der Waals surface area contributed by atoms with Crippen molar-refractivity contribution in [3.63, 3.8) is 0 Å². The predicted molar refractivity (Wildman–Crippen MR) is 104 cm³/mol. The van der Waals surface area contributed by atoms with E-state index in [1.54, 1.807) is 6.07 Å². The number of fused-ring (bicyclic) bond motifs is 3. The van der Waals surface area contributed by atoms with Crippen LogP contribution in [0.4, 0.5) is 4.39 Å². The van der Waals surface area contributed by atoms with E-state index in [-0.39, 0.29) is 5.82 Å². The first kappa shape index (κ1) is 16.8. The summed E-state index contributed by atoms with van der Waals surface area (Å²) < 4.78 is 21.9. The van der Waals surface area contributed by atoms with Gasteiger partial charge in [0.15, 0.2) is 6.20 Å². The summed E-state index contributed by atoms with van der Waals surface area (Å²) in [7, 11) is 2.05. The second-order valence-electron chi connectivity index (χ2n) is 7.51. The normalized spacial score (nSPS) is 11.8.